The van der Waals surface area contributed by atoms with Gasteiger partial charge >= 0.3 is 5.97 Å². The van der Waals surface area contributed by atoms with Gasteiger partial charge in [-0.1, -0.05) is 18.7 Å². The van der Waals surface area contributed by atoms with Crippen LogP contribution in [-0.2, 0) is 19.0 Å². The topological polar surface area (TPSA) is 74.2 Å². The van der Waals surface area contributed by atoms with Gasteiger partial charge in [-0.15, -0.1) is 0 Å². The van der Waals surface area contributed by atoms with Crippen molar-refractivity contribution in [2.45, 2.75) is 6.92 Å². The van der Waals surface area contributed by atoms with Crippen molar-refractivity contribution in [1.82, 2.24) is 0 Å². The molecule has 0 atom stereocenters. The minimum absolute atomic E-state index is 0.201. The van der Waals surface area contributed by atoms with Gasteiger partial charge in [-0.2, -0.15) is 0 Å². The minimum atomic E-state index is -0.411. The number of phenols is 1. The van der Waals surface area contributed by atoms with E-state index in [9.17, 15) is 9.90 Å². The van der Waals surface area contributed by atoms with E-state index >= 15 is 0 Å². The first-order valence-electron chi connectivity index (χ1n) is 8.40. The number of hydrogen-bond acceptors (Lipinski definition) is 6. The Morgan fingerprint density at radius 2 is 1.69 bits per heavy atom. The van der Waals surface area contributed by atoms with Crippen LogP contribution in [0.1, 0.15) is 6.92 Å². The number of hydrogen-bond donors (Lipinski definition) is 1. The lowest BCUT2D eigenvalue weighted by Gasteiger charge is -2.09. The van der Waals surface area contributed by atoms with Crippen LogP contribution < -0.4 is 4.74 Å². The number of aromatic hydroxyl groups is 1. The van der Waals surface area contributed by atoms with Crippen LogP contribution in [0.4, 0.5) is 0 Å². The molecule has 26 heavy (non-hydrogen) atoms. The second-order valence-electron chi connectivity index (χ2n) is 5.65. The molecule has 0 aromatic heterocycles. The Bertz CT molecular complexity index is 740. The van der Waals surface area contributed by atoms with Gasteiger partial charge in [0.15, 0.2) is 0 Å². The standard InChI is InChI=1S/C20H24O6/c1-15(2)20(22)26-13-11-24-9-8-23-10-12-25-17-6-7-18-16(14-17)4-3-5-19(18)21/h3-7,14,21H,1,8-13H2,2H3. The van der Waals surface area contributed by atoms with E-state index in [1.54, 1.807) is 19.1 Å². The normalized spacial score (nSPS) is 10.7. The second-order valence-corrected chi connectivity index (χ2v) is 5.65. The molecule has 0 aliphatic heterocycles. The number of carbonyl (C=O) groups is 1. The van der Waals surface area contributed by atoms with Gasteiger partial charge in [0.05, 0.1) is 26.4 Å². The van der Waals surface area contributed by atoms with E-state index in [0.717, 1.165) is 16.5 Å². The number of ether oxygens (including phenoxy) is 4. The van der Waals surface area contributed by atoms with E-state index < -0.39 is 5.97 Å². The first-order valence-corrected chi connectivity index (χ1v) is 8.40. The highest BCUT2D eigenvalue weighted by Crippen LogP contribution is 2.27. The molecule has 0 radical (unpaired) electrons. The van der Waals surface area contributed by atoms with Crippen molar-refractivity contribution in [3.8, 4) is 11.5 Å². The quantitative estimate of drug-likeness (QED) is 0.377. The lowest BCUT2D eigenvalue weighted by molar-refractivity contribution is -0.140. The van der Waals surface area contributed by atoms with Gasteiger partial charge in [0, 0.05) is 11.0 Å². The van der Waals surface area contributed by atoms with Crippen LogP contribution in [0.25, 0.3) is 10.8 Å². The molecule has 0 aliphatic rings. The fourth-order valence-corrected chi connectivity index (χ4v) is 2.19. The number of phenolic OH excluding ortho intramolecular Hbond substituents is 1. The van der Waals surface area contributed by atoms with Crippen molar-refractivity contribution < 1.29 is 28.8 Å². The summed E-state index contributed by atoms with van der Waals surface area (Å²) in [4.78, 5) is 11.1. The van der Waals surface area contributed by atoms with Gasteiger partial charge in [-0.3, -0.25) is 0 Å². The molecular formula is C20H24O6. The highest BCUT2D eigenvalue weighted by atomic mass is 16.6. The summed E-state index contributed by atoms with van der Waals surface area (Å²) < 4.78 is 21.2. The van der Waals surface area contributed by atoms with Crippen LogP contribution in [0.2, 0.25) is 0 Å². The molecule has 2 aromatic carbocycles. The first kappa shape index (κ1) is 19.8. The summed E-state index contributed by atoms with van der Waals surface area (Å²) in [6.45, 7) is 7.32. The Hall–Kier alpha value is -2.57. The van der Waals surface area contributed by atoms with E-state index in [-0.39, 0.29) is 12.4 Å². The third kappa shape index (κ3) is 6.38. The zero-order valence-corrected chi connectivity index (χ0v) is 14.9. The lowest BCUT2D eigenvalue weighted by Crippen LogP contribution is -2.14. The van der Waals surface area contributed by atoms with Crippen molar-refractivity contribution in [2.24, 2.45) is 0 Å². The highest BCUT2D eigenvalue weighted by molar-refractivity contribution is 5.89. The third-order valence-electron chi connectivity index (χ3n) is 3.51. The summed E-state index contributed by atoms with van der Waals surface area (Å²) >= 11 is 0. The molecule has 6 heteroatoms. The highest BCUT2D eigenvalue weighted by Gasteiger charge is 2.02. The Labute approximate surface area is 152 Å². The summed E-state index contributed by atoms with van der Waals surface area (Å²) in [5.41, 5.74) is 0.372. The fraction of sp³-hybridized carbons (Fsp3) is 0.350. The third-order valence-corrected chi connectivity index (χ3v) is 3.51. The van der Waals surface area contributed by atoms with Crippen LogP contribution in [0, 0.1) is 0 Å². The number of benzene rings is 2. The lowest BCUT2D eigenvalue weighted by atomic mass is 10.1. The molecule has 0 spiro atoms. The molecule has 0 heterocycles. The van der Waals surface area contributed by atoms with E-state index in [2.05, 4.69) is 6.58 Å². The molecule has 2 aromatic rings. The molecule has 1 N–H and O–H groups in total. The predicted octanol–water partition coefficient (Wildman–Crippen LogP) is 3.08. The number of fused-ring (bicyclic) bond motifs is 1. The first-order chi connectivity index (χ1) is 12.6. The summed E-state index contributed by atoms with van der Waals surface area (Å²) in [6.07, 6.45) is 0. The Kier molecular flexibility index (Phi) is 7.92. The van der Waals surface area contributed by atoms with Gasteiger partial charge < -0.3 is 24.1 Å². The van der Waals surface area contributed by atoms with E-state index in [0.29, 0.717) is 38.6 Å². The van der Waals surface area contributed by atoms with E-state index in [1.165, 1.54) is 0 Å². The Morgan fingerprint density at radius 3 is 2.42 bits per heavy atom. The number of esters is 1. The molecule has 0 saturated heterocycles. The van der Waals surface area contributed by atoms with E-state index in [1.807, 2.05) is 24.3 Å². The molecule has 0 saturated carbocycles. The molecular weight excluding hydrogens is 336 g/mol. The maximum atomic E-state index is 11.1. The molecule has 6 nitrogen and oxygen atoms in total. The van der Waals surface area contributed by atoms with Gasteiger partial charge in [0.2, 0.25) is 0 Å². The summed E-state index contributed by atoms with van der Waals surface area (Å²) in [7, 11) is 0. The molecule has 0 aliphatic carbocycles. The van der Waals surface area contributed by atoms with Gasteiger partial charge in [0.1, 0.15) is 24.7 Å². The Morgan fingerprint density at radius 1 is 1.00 bits per heavy atom. The number of rotatable bonds is 11. The van der Waals surface area contributed by atoms with Crippen LogP contribution in [0.15, 0.2) is 48.6 Å². The zero-order valence-electron chi connectivity index (χ0n) is 14.9. The van der Waals surface area contributed by atoms with Gasteiger partial charge in [-0.25, -0.2) is 4.79 Å². The molecule has 140 valence electrons. The molecule has 0 amide bonds. The van der Waals surface area contributed by atoms with Crippen molar-refractivity contribution in [3.05, 3.63) is 48.6 Å². The average Bonchev–Trinajstić information content (AvgIpc) is 2.63. The molecule has 2 rings (SSSR count). The largest absolute Gasteiger partial charge is 0.507 e. The van der Waals surface area contributed by atoms with Crippen LogP contribution in [-0.4, -0.2) is 50.7 Å². The SMILES string of the molecule is C=C(C)C(=O)OCCOCCOCCOc1ccc2c(O)cccc2c1. The van der Waals surface area contributed by atoms with Crippen LogP contribution in [0.3, 0.4) is 0 Å². The molecule has 0 unspecified atom stereocenters. The van der Waals surface area contributed by atoms with Crippen LogP contribution in [0.5, 0.6) is 11.5 Å². The van der Waals surface area contributed by atoms with Crippen LogP contribution >= 0.6 is 0 Å². The maximum absolute atomic E-state index is 11.1. The maximum Gasteiger partial charge on any atom is 0.333 e. The minimum Gasteiger partial charge on any atom is -0.507 e. The Balaban J connectivity index is 1.53. The van der Waals surface area contributed by atoms with Gasteiger partial charge in [0.25, 0.3) is 0 Å². The monoisotopic (exact) mass is 360 g/mol. The van der Waals surface area contributed by atoms with Crippen molar-refractivity contribution in [1.29, 1.82) is 0 Å². The fourth-order valence-electron chi connectivity index (χ4n) is 2.19. The van der Waals surface area contributed by atoms with Crippen molar-refractivity contribution in [3.63, 3.8) is 0 Å². The van der Waals surface area contributed by atoms with Gasteiger partial charge in [-0.05, 0) is 36.6 Å². The summed E-state index contributed by atoms with van der Waals surface area (Å²) in [6, 6.07) is 10.9. The average molecular weight is 360 g/mol. The molecule has 0 bridgehead atoms. The van der Waals surface area contributed by atoms with Crippen molar-refractivity contribution in [2.75, 3.05) is 39.6 Å². The molecule has 0 fully saturated rings. The number of carbonyl (C=O) groups excluding carboxylic acids is 1. The summed E-state index contributed by atoms with van der Waals surface area (Å²) in [5.74, 6) is 0.569. The predicted molar refractivity (Wildman–Crippen MR) is 98.5 cm³/mol. The second kappa shape index (κ2) is 10.4. The smallest absolute Gasteiger partial charge is 0.333 e. The zero-order chi connectivity index (χ0) is 18.8. The van der Waals surface area contributed by atoms with Crippen molar-refractivity contribution >= 4 is 16.7 Å². The van der Waals surface area contributed by atoms with E-state index in [4.69, 9.17) is 18.9 Å². The summed E-state index contributed by atoms with van der Waals surface area (Å²) in [5, 5.41) is 11.5.